The van der Waals surface area contributed by atoms with Gasteiger partial charge in [-0.1, -0.05) is 12.1 Å². The molecule has 3 N–H and O–H groups in total. The number of ether oxygens (including phenoxy) is 1. The Kier molecular flexibility index (Phi) is 6.42. The fraction of sp³-hybridized carbons (Fsp3) is 0.300. The van der Waals surface area contributed by atoms with Gasteiger partial charge in [0.2, 0.25) is 5.91 Å². The predicted octanol–water partition coefficient (Wildman–Crippen LogP) is 2.77. The van der Waals surface area contributed by atoms with Crippen molar-refractivity contribution in [1.29, 1.82) is 0 Å². The van der Waals surface area contributed by atoms with Crippen molar-refractivity contribution in [3.05, 3.63) is 53.9 Å². The highest BCUT2D eigenvalue weighted by Gasteiger charge is 2.34. The molecule has 3 rings (SSSR count). The second kappa shape index (κ2) is 9.02. The lowest BCUT2D eigenvalue weighted by Crippen LogP contribution is -2.44. The number of amides is 3. The standard InChI is InChI=1S/C20H19F3N4O4/c21-20(22,23)31-15-5-3-4-12(9-15)16-6-1-2-7-27(16)19(30)18(29)26-14-8-13(17(24)28)10-25-11-14/h3-5,8-11,16H,1-2,6-7H2,(H2,24,28)(H,26,29)/t16-/m0/s1. The van der Waals surface area contributed by atoms with Crippen molar-refractivity contribution in [2.45, 2.75) is 31.7 Å². The maximum absolute atomic E-state index is 12.8. The van der Waals surface area contributed by atoms with E-state index in [1.807, 2.05) is 0 Å². The van der Waals surface area contributed by atoms with Crippen molar-refractivity contribution in [3.63, 3.8) is 0 Å². The Bertz CT molecular complexity index is 996. The Balaban J connectivity index is 1.78. The van der Waals surface area contributed by atoms with E-state index in [4.69, 9.17) is 5.73 Å². The number of aromatic nitrogens is 1. The molecular weight excluding hydrogens is 417 g/mol. The minimum atomic E-state index is -4.84. The third-order valence-electron chi connectivity index (χ3n) is 4.71. The molecule has 1 aliphatic heterocycles. The first-order valence-electron chi connectivity index (χ1n) is 9.36. The summed E-state index contributed by atoms with van der Waals surface area (Å²) in [5.41, 5.74) is 5.78. The SMILES string of the molecule is NC(=O)c1cncc(NC(=O)C(=O)N2CCCC[C@H]2c2cccc(OC(F)(F)F)c2)c1. The first-order valence-corrected chi connectivity index (χ1v) is 9.36. The first-order chi connectivity index (χ1) is 14.6. The molecule has 0 spiro atoms. The highest BCUT2D eigenvalue weighted by molar-refractivity contribution is 6.39. The Hall–Kier alpha value is -3.63. The maximum atomic E-state index is 12.8. The van der Waals surface area contributed by atoms with E-state index < -0.39 is 35.9 Å². The van der Waals surface area contributed by atoms with E-state index in [1.54, 1.807) is 6.07 Å². The zero-order chi connectivity index (χ0) is 22.6. The zero-order valence-electron chi connectivity index (χ0n) is 16.2. The summed E-state index contributed by atoms with van der Waals surface area (Å²) in [5, 5.41) is 2.37. The molecule has 0 unspecified atom stereocenters. The third kappa shape index (κ3) is 5.71. The molecule has 0 radical (unpaired) electrons. The van der Waals surface area contributed by atoms with Gasteiger partial charge >= 0.3 is 18.2 Å². The summed E-state index contributed by atoms with van der Waals surface area (Å²) in [7, 11) is 0. The number of piperidine rings is 1. The number of nitrogens with one attached hydrogen (secondary N) is 1. The third-order valence-corrected chi connectivity index (χ3v) is 4.71. The summed E-state index contributed by atoms with van der Waals surface area (Å²) < 4.78 is 41.6. The fourth-order valence-electron chi connectivity index (χ4n) is 3.40. The molecule has 0 saturated carbocycles. The second-order valence-corrected chi connectivity index (χ2v) is 6.91. The molecular formula is C20H19F3N4O4. The van der Waals surface area contributed by atoms with Gasteiger partial charge in [0.25, 0.3) is 0 Å². The number of carbonyl (C=O) groups excluding carboxylic acids is 3. The summed E-state index contributed by atoms with van der Waals surface area (Å²) in [6, 6.07) is 6.05. The number of nitrogens with zero attached hydrogens (tertiary/aromatic N) is 2. The number of carbonyl (C=O) groups is 3. The number of halogens is 3. The lowest BCUT2D eigenvalue weighted by atomic mass is 9.95. The fourth-order valence-corrected chi connectivity index (χ4v) is 3.40. The molecule has 0 aliphatic carbocycles. The van der Waals surface area contributed by atoms with Crippen molar-refractivity contribution in [1.82, 2.24) is 9.88 Å². The first kappa shape index (κ1) is 22.1. The van der Waals surface area contributed by atoms with Gasteiger partial charge in [0, 0.05) is 12.7 Å². The molecule has 1 saturated heterocycles. The van der Waals surface area contributed by atoms with Crippen molar-refractivity contribution >= 4 is 23.4 Å². The van der Waals surface area contributed by atoms with Crippen molar-refractivity contribution in [2.24, 2.45) is 5.73 Å². The van der Waals surface area contributed by atoms with E-state index in [-0.39, 0.29) is 17.8 Å². The van der Waals surface area contributed by atoms with Crippen LogP contribution in [0.15, 0.2) is 42.7 Å². The molecule has 1 fully saturated rings. The van der Waals surface area contributed by atoms with Crippen LogP contribution in [0.2, 0.25) is 0 Å². The van der Waals surface area contributed by atoms with E-state index in [1.165, 1.54) is 35.5 Å². The number of alkyl halides is 3. The van der Waals surface area contributed by atoms with Crippen LogP contribution in [0.3, 0.4) is 0 Å². The van der Waals surface area contributed by atoms with Crippen molar-refractivity contribution in [2.75, 3.05) is 11.9 Å². The minimum Gasteiger partial charge on any atom is -0.406 e. The van der Waals surface area contributed by atoms with Gasteiger partial charge in [-0.25, -0.2) is 0 Å². The molecule has 3 amide bonds. The van der Waals surface area contributed by atoms with Crippen LogP contribution in [0.25, 0.3) is 0 Å². The van der Waals surface area contributed by atoms with Crippen LogP contribution in [0.5, 0.6) is 5.75 Å². The largest absolute Gasteiger partial charge is 0.573 e. The summed E-state index contributed by atoms with van der Waals surface area (Å²) in [6.07, 6.45) is -0.501. The molecule has 8 nitrogen and oxygen atoms in total. The number of anilines is 1. The van der Waals surface area contributed by atoms with Gasteiger partial charge in [0.15, 0.2) is 0 Å². The van der Waals surface area contributed by atoms with E-state index in [0.29, 0.717) is 18.4 Å². The topological polar surface area (TPSA) is 115 Å². The molecule has 1 aromatic carbocycles. The van der Waals surface area contributed by atoms with Gasteiger partial charge in [-0.15, -0.1) is 13.2 Å². The smallest absolute Gasteiger partial charge is 0.406 e. The van der Waals surface area contributed by atoms with Crippen LogP contribution in [0.1, 0.15) is 41.2 Å². The van der Waals surface area contributed by atoms with Crippen LogP contribution < -0.4 is 15.8 Å². The number of likely N-dealkylation sites (tertiary alicyclic amines) is 1. The summed E-state index contributed by atoms with van der Waals surface area (Å²) in [6.45, 7) is 0.265. The number of benzene rings is 1. The van der Waals surface area contributed by atoms with Gasteiger partial charge < -0.3 is 20.7 Å². The molecule has 11 heteroatoms. The number of pyridine rings is 1. The van der Waals surface area contributed by atoms with Crippen LogP contribution in [-0.4, -0.2) is 40.5 Å². The normalized spacial score (nSPS) is 16.5. The highest BCUT2D eigenvalue weighted by atomic mass is 19.4. The van der Waals surface area contributed by atoms with Gasteiger partial charge in [-0.3, -0.25) is 19.4 Å². The second-order valence-electron chi connectivity index (χ2n) is 6.91. The minimum absolute atomic E-state index is 0.0579. The lowest BCUT2D eigenvalue weighted by molar-refractivity contribution is -0.274. The van der Waals surface area contributed by atoms with Crippen molar-refractivity contribution < 1.29 is 32.3 Å². The molecule has 1 aromatic heterocycles. The highest BCUT2D eigenvalue weighted by Crippen LogP contribution is 2.34. The quantitative estimate of drug-likeness (QED) is 0.716. The number of hydrogen-bond donors (Lipinski definition) is 2. The Morgan fingerprint density at radius 1 is 1.16 bits per heavy atom. The lowest BCUT2D eigenvalue weighted by Gasteiger charge is -2.35. The average molecular weight is 436 g/mol. The maximum Gasteiger partial charge on any atom is 0.573 e. The Morgan fingerprint density at radius 3 is 2.65 bits per heavy atom. The molecule has 164 valence electrons. The summed E-state index contributed by atoms with van der Waals surface area (Å²) >= 11 is 0. The van der Waals surface area contributed by atoms with Crippen LogP contribution >= 0.6 is 0 Å². The number of nitrogens with two attached hydrogens (primary N) is 1. The van der Waals surface area contributed by atoms with E-state index in [2.05, 4.69) is 15.0 Å². The van der Waals surface area contributed by atoms with Gasteiger partial charge in [-0.05, 0) is 43.0 Å². The zero-order valence-corrected chi connectivity index (χ0v) is 16.2. The Morgan fingerprint density at radius 2 is 1.94 bits per heavy atom. The van der Waals surface area contributed by atoms with Crippen LogP contribution in [0, 0.1) is 0 Å². The Labute approximate surface area is 175 Å². The van der Waals surface area contributed by atoms with Crippen LogP contribution in [0.4, 0.5) is 18.9 Å². The van der Waals surface area contributed by atoms with Gasteiger partial charge in [-0.2, -0.15) is 0 Å². The van der Waals surface area contributed by atoms with Crippen molar-refractivity contribution in [3.8, 4) is 5.75 Å². The molecule has 0 bridgehead atoms. The number of rotatable bonds is 4. The summed E-state index contributed by atoms with van der Waals surface area (Å²) in [4.78, 5) is 41.7. The molecule has 31 heavy (non-hydrogen) atoms. The number of primary amides is 1. The van der Waals surface area contributed by atoms with Crippen LogP contribution in [-0.2, 0) is 9.59 Å². The number of hydrogen-bond acceptors (Lipinski definition) is 5. The van der Waals surface area contributed by atoms with Gasteiger partial charge in [0.05, 0.1) is 23.5 Å². The van der Waals surface area contributed by atoms with E-state index in [0.717, 1.165) is 12.5 Å². The van der Waals surface area contributed by atoms with E-state index in [9.17, 15) is 27.6 Å². The predicted molar refractivity (Wildman–Crippen MR) is 103 cm³/mol. The van der Waals surface area contributed by atoms with Gasteiger partial charge in [0.1, 0.15) is 5.75 Å². The molecule has 1 aliphatic rings. The van der Waals surface area contributed by atoms with E-state index >= 15 is 0 Å². The molecule has 2 aromatic rings. The summed E-state index contributed by atoms with van der Waals surface area (Å²) in [5.74, 6) is -2.96. The monoisotopic (exact) mass is 436 g/mol. The molecule has 1 atom stereocenters. The molecule has 2 heterocycles. The average Bonchev–Trinajstić information content (AvgIpc) is 2.72.